The van der Waals surface area contributed by atoms with Crippen LogP contribution in [0.5, 0.6) is 11.5 Å². The normalized spacial score (nSPS) is 10.9. The van der Waals surface area contributed by atoms with E-state index in [0.29, 0.717) is 27.5 Å². The summed E-state index contributed by atoms with van der Waals surface area (Å²) in [5, 5.41) is 3.35. The summed E-state index contributed by atoms with van der Waals surface area (Å²) < 4.78 is 7.18. The lowest BCUT2D eigenvalue weighted by molar-refractivity contribution is -0.116. The van der Waals surface area contributed by atoms with E-state index < -0.39 is 0 Å². The van der Waals surface area contributed by atoms with Gasteiger partial charge in [-0.2, -0.15) is 0 Å². The van der Waals surface area contributed by atoms with Crippen LogP contribution in [0.25, 0.3) is 20.7 Å². The fourth-order valence-corrected chi connectivity index (χ4v) is 4.70. The number of aryl methyl sites for hydroxylation is 1. The molecule has 0 radical (unpaired) electrons. The lowest BCUT2D eigenvalue weighted by Gasteiger charge is -2.11. The molecule has 0 aliphatic rings. The first-order valence-electron chi connectivity index (χ1n) is 10.8. The van der Waals surface area contributed by atoms with E-state index in [2.05, 4.69) is 10.3 Å². The predicted molar refractivity (Wildman–Crippen MR) is 136 cm³/mol. The Morgan fingerprint density at radius 3 is 2.29 bits per heavy atom. The Labute approximate surface area is 200 Å². The highest BCUT2D eigenvalue weighted by molar-refractivity contribution is 7.21. The van der Waals surface area contributed by atoms with Gasteiger partial charge in [-0.15, -0.1) is 11.3 Å². The standard InChI is InChI=1S/C27H21N3O3S/c1-18-28-26-23(16-24(34-26)19-8-4-2-5-9-19)27(32)30(18)17-25(31)29-20-12-14-22(15-13-20)33-21-10-6-3-7-11-21/h2-16H,17H2,1H3,(H,29,31). The Morgan fingerprint density at radius 2 is 1.59 bits per heavy atom. The number of carbonyl (C=O) groups is 1. The van der Waals surface area contributed by atoms with Crippen molar-refractivity contribution >= 4 is 33.1 Å². The van der Waals surface area contributed by atoms with Gasteiger partial charge in [0.2, 0.25) is 5.91 Å². The third-order valence-electron chi connectivity index (χ3n) is 5.32. The van der Waals surface area contributed by atoms with Crippen molar-refractivity contribution in [1.82, 2.24) is 9.55 Å². The third kappa shape index (κ3) is 4.60. The minimum absolute atomic E-state index is 0.119. The molecule has 168 valence electrons. The van der Waals surface area contributed by atoms with Gasteiger partial charge in [-0.05, 0) is 55.0 Å². The van der Waals surface area contributed by atoms with Crippen molar-refractivity contribution in [3.63, 3.8) is 0 Å². The Bertz CT molecular complexity index is 1510. The minimum Gasteiger partial charge on any atom is -0.457 e. The van der Waals surface area contributed by atoms with Crippen LogP contribution in [0.15, 0.2) is 95.8 Å². The molecule has 0 fully saturated rings. The number of carbonyl (C=O) groups excluding carboxylic acids is 1. The molecule has 1 amide bonds. The smallest absolute Gasteiger partial charge is 0.262 e. The Balaban J connectivity index is 1.31. The van der Waals surface area contributed by atoms with Crippen molar-refractivity contribution in [3.8, 4) is 21.9 Å². The maximum atomic E-state index is 13.1. The zero-order valence-electron chi connectivity index (χ0n) is 18.4. The molecule has 0 saturated carbocycles. The zero-order chi connectivity index (χ0) is 23.5. The second kappa shape index (κ2) is 9.33. The Morgan fingerprint density at radius 1 is 0.941 bits per heavy atom. The van der Waals surface area contributed by atoms with Crippen LogP contribution in [0.1, 0.15) is 5.82 Å². The molecule has 5 rings (SSSR count). The topological polar surface area (TPSA) is 73.2 Å². The van der Waals surface area contributed by atoms with Gasteiger partial charge < -0.3 is 10.1 Å². The summed E-state index contributed by atoms with van der Waals surface area (Å²) in [6, 6.07) is 28.3. The molecule has 0 spiro atoms. The Hall–Kier alpha value is -4.23. The van der Waals surface area contributed by atoms with E-state index in [1.54, 1.807) is 31.2 Å². The number of aromatic nitrogens is 2. The van der Waals surface area contributed by atoms with E-state index in [1.807, 2.05) is 66.7 Å². The van der Waals surface area contributed by atoms with E-state index >= 15 is 0 Å². The van der Waals surface area contributed by atoms with Crippen molar-refractivity contribution in [2.75, 3.05) is 5.32 Å². The summed E-state index contributed by atoms with van der Waals surface area (Å²) >= 11 is 1.47. The minimum atomic E-state index is -0.304. The number of ether oxygens (including phenoxy) is 1. The van der Waals surface area contributed by atoms with Gasteiger partial charge in [-0.1, -0.05) is 48.5 Å². The van der Waals surface area contributed by atoms with Crippen LogP contribution in [0.4, 0.5) is 5.69 Å². The number of fused-ring (bicyclic) bond motifs is 1. The van der Waals surface area contributed by atoms with Gasteiger partial charge in [0.1, 0.15) is 28.7 Å². The molecule has 6 nitrogen and oxygen atoms in total. The van der Waals surface area contributed by atoms with Crippen LogP contribution in [-0.4, -0.2) is 15.5 Å². The summed E-state index contributed by atoms with van der Waals surface area (Å²) in [7, 11) is 0. The lowest BCUT2D eigenvalue weighted by Crippen LogP contribution is -2.29. The van der Waals surface area contributed by atoms with Gasteiger partial charge in [0.25, 0.3) is 5.56 Å². The second-order valence-electron chi connectivity index (χ2n) is 7.73. The number of hydrogen-bond acceptors (Lipinski definition) is 5. The molecule has 0 aliphatic carbocycles. The highest BCUT2D eigenvalue weighted by atomic mass is 32.1. The number of anilines is 1. The molecule has 0 bridgehead atoms. The number of thiophene rings is 1. The van der Waals surface area contributed by atoms with E-state index in [-0.39, 0.29) is 18.0 Å². The molecule has 0 atom stereocenters. The fourth-order valence-electron chi connectivity index (χ4n) is 3.62. The van der Waals surface area contributed by atoms with E-state index in [1.165, 1.54) is 15.9 Å². The molecule has 34 heavy (non-hydrogen) atoms. The van der Waals surface area contributed by atoms with E-state index in [0.717, 1.165) is 16.2 Å². The first kappa shape index (κ1) is 21.6. The van der Waals surface area contributed by atoms with Crippen LogP contribution in [0, 0.1) is 6.92 Å². The average molecular weight is 468 g/mol. The molecule has 7 heteroatoms. The van der Waals surface area contributed by atoms with Gasteiger partial charge in [-0.3, -0.25) is 14.2 Å². The highest BCUT2D eigenvalue weighted by Gasteiger charge is 2.15. The van der Waals surface area contributed by atoms with E-state index in [4.69, 9.17) is 4.74 Å². The number of hydrogen-bond donors (Lipinski definition) is 1. The van der Waals surface area contributed by atoms with Crippen LogP contribution >= 0.6 is 11.3 Å². The predicted octanol–water partition coefficient (Wildman–Crippen LogP) is 5.86. The highest BCUT2D eigenvalue weighted by Crippen LogP contribution is 2.31. The SMILES string of the molecule is Cc1nc2sc(-c3ccccc3)cc2c(=O)n1CC(=O)Nc1ccc(Oc2ccccc2)cc1. The number of benzene rings is 3. The average Bonchev–Trinajstić information content (AvgIpc) is 3.28. The fraction of sp³-hybridized carbons (Fsp3) is 0.0741. The summed E-state index contributed by atoms with van der Waals surface area (Å²) in [5.41, 5.74) is 1.43. The molecule has 5 aromatic rings. The molecule has 1 N–H and O–H groups in total. The van der Waals surface area contributed by atoms with E-state index in [9.17, 15) is 9.59 Å². The van der Waals surface area contributed by atoms with Crippen LogP contribution in [0.2, 0.25) is 0 Å². The quantitative estimate of drug-likeness (QED) is 0.339. The van der Waals surface area contributed by atoms with Gasteiger partial charge in [0.05, 0.1) is 5.39 Å². The molecule has 0 saturated heterocycles. The number of nitrogens with zero attached hydrogens (tertiary/aromatic N) is 2. The third-order valence-corrected chi connectivity index (χ3v) is 6.40. The molecule has 0 unspecified atom stereocenters. The summed E-state index contributed by atoms with van der Waals surface area (Å²) in [6.07, 6.45) is 0. The number of nitrogens with one attached hydrogen (secondary N) is 1. The Kier molecular flexibility index (Phi) is 5.93. The molecule has 2 heterocycles. The molecular weight excluding hydrogens is 446 g/mol. The van der Waals surface area contributed by atoms with Crippen molar-refractivity contribution < 1.29 is 9.53 Å². The maximum Gasteiger partial charge on any atom is 0.262 e. The maximum absolute atomic E-state index is 13.1. The van der Waals surface area contributed by atoms with Crippen LogP contribution in [-0.2, 0) is 11.3 Å². The first-order chi connectivity index (χ1) is 16.6. The zero-order valence-corrected chi connectivity index (χ0v) is 19.2. The van der Waals surface area contributed by atoms with Crippen molar-refractivity contribution in [1.29, 1.82) is 0 Å². The number of amides is 1. The summed E-state index contributed by atoms with van der Waals surface area (Å²) in [4.78, 5) is 32.1. The van der Waals surface area contributed by atoms with Gasteiger partial charge in [0, 0.05) is 10.6 Å². The second-order valence-corrected chi connectivity index (χ2v) is 8.76. The van der Waals surface area contributed by atoms with Gasteiger partial charge in [0.15, 0.2) is 0 Å². The lowest BCUT2D eigenvalue weighted by atomic mass is 10.2. The van der Waals surface area contributed by atoms with Crippen molar-refractivity contribution in [2.24, 2.45) is 0 Å². The summed E-state index contributed by atoms with van der Waals surface area (Å²) in [5.74, 6) is 1.60. The largest absolute Gasteiger partial charge is 0.457 e. The van der Waals surface area contributed by atoms with Gasteiger partial charge >= 0.3 is 0 Å². The number of rotatable bonds is 6. The molecule has 0 aliphatic heterocycles. The molecule has 3 aromatic carbocycles. The van der Waals surface area contributed by atoms with Crippen LogP contribution < -0.4 is 15.6 Å². The van der Waals surface area contributed by atoms with Crippen LogP contribution in [0.3, 0.4) is 0 Å². The van der Waals surface area contributed by atoms with Gasteiger partial charge in [-0.25, -0.2) is 4.98 Å². The number of para-hydroxylation sites is 1. The first-order valence-corrected chi connectivity index (χ1v) is 11.6. The van der Waals surface area contributed by atoms with Crippen molar-refractivity contribution in [3.05, 3.63) is 107 Å². The monoisotopic (exact) mass is 467 g/mol. The molecule has 2 aromatic heterocycles. The summed E-state index contributed by atoms with van der Waals surface area (Å²) in [6.45, 7) is 1.62. The van der Waals surface area contributed by atoms with Crippen molar-refractivity contribution in [2.45, 2.75) is 13.5 Å². The molecular formula is C27H21N3O3S.